The molecule has 0 aromatic heterocycles. The Kier molecular flexibility index (Phi) is 4.79. The third-order valence-electron chi connectivity index (χ3n) is 2.73. The summed E-state index contributed by atoms with van der Waals surface area (Å²) in [6.07, 6.45) is 2.52. The summed E-state index contributed by atoms with van der Waals surface area (Å²) < 4.78 is 36.8. The van der Waals surface area contributed by atoms with E-state index in [9.17, 15) is 18.0 Å². The van der Waals surface area contributed by atoms with Crippen molar-refractivity contribution in [2.75, 3.05) is 12.9 Å². The zero-order valence-electron chi connectivity index (χ0n) is 10.9. The molecule has 0 saturated carbocycles. The van der Waals surface area contributed by atoms with E-state index in [1.54, 1.807) is 6.26 Å². The molecule has 1 heterocycles. The highest BCUT2D eigenvalue weighted by atomic mass is 32.2. The van der Waals surface area contributed by atoms with Gasteiger partial charge in [-0.05, 0) is 18.4 Å². The second-order valence-electron chi connectivity index (χ2n) is 3.99. The molecule has 0 amide bonds. The molecule has 21 heavy (non-hydrogen) atoms. The van der Waals surface area contributed by atoms with E-state index in [4.69, 9.17) is 9.47 Å². The van der Waals surface area contributed by atoms with Crippen LogP contribution in [-0.4, -0.2) is 39.6 Å². The molecule has 1 unspecified atom stereocenters. The first-order chi connectivity index (χ1) is 9.99. The van der Waals surface area contributed by atoms with E-state index >= 15 is 0 Å². The van der Waals surface area contributed by atoms with Gasteiger partial charge in [0.2, 0.25) is 6.29 Å². The van der Waals surface area contributed by atoms with Gasteiger partial charge in [-0.2, -0.15) is 8.42 Å². The number of rotatable bonds is 5. The van der Waals surface area contributed by atoms with Crippen molar-refractivity contribution in [1.82, 2.24) is 0 Å². The van der Waals surface area contributed by atoms with Gasteiger partial charge in [0.15, 0.2) is 0 Å². The van der Waals surface area contributed by atoms with Crippen molar-refractivity contribution in [1.29, 1.82) is 0 Å². The second-order valence-corrected chi connectivity index (χ2v) is 6.38. The number of sulfonamides is 1. The Balaban J connectivity index is 2.49. The topological polar surface area (TPSA) is 99.1 Å². The van der Waals surface area contributed by atoms with Gasteiger partial charge in [-0.15, -0.1) is 11.8 Å². The Morgan fingerprint density at radius 1 is 1.52 bits per heavy atom. The number of nitrogens with zero attached hydrogens (tertiary/aromatic N) is 1. The van der Waals surface area contributed by atoms with Crippen LogP contribution in [0.5, 0.6) is 0 Å². The summed E-state index contributed by atoms with van der Waals surface area (Å²) in [7, 11) is -4.31. The fourth-order valence-corrected chi connectivity index (χ4v) is 3.70. The average Bonchev–Trinajstić information content (AvgIpc) is 2.41. The van der Waals surface area contributed by atoms with Gasteiger partial charge in [0.05, 0.1) is 12.2 Å². The van der Waals surface area contributed by atoms with E-state index in [1.807, 2.05) is 0 Å². The lowest BCUT2D eigenvalue weighted by Crippen LogP contribution is -2.32. The van der Waals surface area contributed by atoms with Crippen molar-refractivity contribution in [2.45, 2.75) is 22.5 Å². The summed E-state index contributed by atoms with van der Waals surface area (Å²) in [5.41, 5.74) is -0.184. The smallest absolute Gasteiger partial charge is 0.341 e. The summed E-state index contributed by atoms with van der Waals surface area (Å²) in [5, 5.41) is 0. The Morgan fingerprint density at radius 2 is 2.24 bits per heavy atom. The van der Waals surface area contributed by atoms with Gasteiger partial charge in [0.25, 0.3) is 16.1 Å². The summed E-state index contributed by atoms with van der Waals surface area (Å²) >= 11 is 1.11. The Bertz CT molecular complexity index is 704. The van der Waals surface area contributed by atoms with Crippen LogP contribution >= 0.6 is 11.8 Å². The average molecular weight is 329 g/mol. The summed E-state index contributed by atoms with van der Waals surface area (Å²) in [4.78, 5) is 22.3. The molecule has 1 fully saturated rings. The zero-order valence-corrected chi connectivity index (χ0v) is 12.6. The molecular formula is C12H11NO6S2. The SMILES string of the molecule is CSc1cccc(C(=O)OC2CCO2)c1S(=O)(=O)N=C=O. The van der Waals surface area contributed by atoms with E-state index < -0.39 is 22.3 Å². The molecule has 1 atom stereocenters. The number of ether oxygens (including phenoxy) is 2. The van der Waals surface area contributed by atoms with Crippen LogP contribution in [0.2, 0.25) is 0 Å². The van der Waals surface area contributed by atoms with Crippen LogP contribution in [0.1, 0.15) is 16.8 Å². The number of isocyanates is 1. The van der Waals surface area contributed by atoms with Gasteiger partial charge in [0.1, 0.15) is 4.90 Å². The summed E-state index contributed by atoms with van der Waals surface area (Å²) in [5.74, 6) is -0.838. The van der Waals surface area contributed by atoms with Crippen molar-refractivity contribution in [3.8, 4) is 0 Å². The van der Waals surface area contributed by atoms with Gasteiger partial charge in [-0.1, -0.05) is 10.5 Å². The highest BCUT2D eigenvalue weighted by Crippen LogP contribution is 2.30. The molecule has 0 bridgehead atoms. The molecule has 2 rings (SSSR count). The quantitative estimate of drug-likeness (QED) is 0.348. The predicted molar refractivity (Wildman–Crippen MR) is 73.3 cm³/mol. The normalized spacial score (nSPS) is 17.5. The molecule has 1 saturated heterocycles. The first-order valence-electron chi connectivity index (χ1n) is 5.83. The largest absolute Gasteiger partial charge is 0.432 e. The first kappa shape index (κ1) is 15.7. The third-order valence-corrected chi connectivity index (χ3v) is 4.91. The van der Waals surface area contributed by atoms with Crippen LogP contribution in [0.25, 0.3) is 0 Å². The van der Waals surface area contributed by atoms with Gasteiger partial charge < -0.3 is 9.47 Å². The molecule has 1 aromatic carbocycles. The molecule has 0 spiro atoms. The van der Waals surface area contributed by atoms with Crippen LogP contribution in [-0.2, 0) is 24.3 Å². The Labute approximate surface area is 125 Å². The molecule has 112 valence electrons. The molecule has 0 aliphatic carbocycles. The third kappa shape index (κ3) is 3.33. The molecule has 0 radical (unpaired) electrons. The maximum atomic E-state index is 12.1. The molecule has 1 aliphatic heterocycles. The Morgan fingerprint density at radius 3 is 2.76 bits per heavy atom. The predicted octanol–water partition coefficient (Wildman–Crippen LogP) is 1.34. The maximum absolute atomic E-state index is 12.1. The second kappa shape index (κ2) is 6.40. The van der Waals surface area contributed by atoms with Crippen molar-refractivity contribution in [2.24, 2.45) is 4.40 Å². The standard InChI is InChI=1S/C12H11NO6S2/c1-20-9-4-2-3-8(11(9)21(16,17)13-7-14)12(15)19-10-5-6-18-10/h2-4,10H,5-6H2,1H3. The van der Waals surface area contributed by atoms with Crippen molar-refractivity contribution >= 4 is 33.8 Å². The van der Waals surface area contributed by atoms with E-state index in [2.05, 4.69) is 4.40 Å². The lowest BCUT2D eigenvalue weighted by atomic mass is 10.2. The van der Waals surface area contributed by atoms with Crippen molar-refractivity contribution < 1.29 is 27.5 Å². The van der Waals surface area contributed by atoms with Crippen molar-refractivity contribution in [3.63, 3.8) is 0 Å². The van der Waals surface area contributed by atoms with Crippen molar-refractivity contribution in [3.05, 3.63) is 23.8 Å². The highest BCUT2D eigenvalue weighted by Gasteiger charge is 2.30. The number of thioether (sulfide) groups is 1. The van der Waals surface area contributed by atoms with Crippen LogP contribution in [0, 0.1) is 0 Å². The molecule has 0 N–H and O–H groups in total. The fraction of sp³-hybridized carbons (Fsp3) is 0.333. The minimum Gasteiger partial charge on any atom is -0.432 e. The van der Waals surface area contributed by atoms with Crippen LogP contribution in [0.4, 0.5) is 0 Å². The monoisotopic (exact) mass is 329 g/mol. The van der Waals surface area contributed by atoms with Crippen LogP contribution in [0.15, 0.2) is 32.4 Å². The minimum atomic E-state index is -4.31. The highest BCUT2D eigenvalue weighted by molar-refractivity contribution is 7.99. The van der Waals surface area contributed by atoms with Gasteiger partial charge in [-0.25, -0.2) is 9.59 Å². The fourth-order valence-electron chi connectivity index (χ4n) is 1.69. The number of benzene rings is 1. The minimum absolute atomic E-state index is 0.184. The Hall–Kier alpha value is -1.67. The van der Waals surface area contributed by atoms with E-state index in [1.165, 1.54) is 18.2 Å². The molecule has 9 heteroatoms. The molecule has 1 aliphatic rings. The molecule has 7 nitrogen and oxygen atoms in total. The van der Waals surface area contributed by atoms with E-state index in [0.29, 0.717) is 13.0 Å². The van der Waals surface area contributed by atoms with Gasteiger partial charge in [0, 0.05) is 11.3 Å². The molecule has 1 aromatic rings. The zero-order chi connectivity index (χ0) is 15.5. The lowest BCUT2D eigenvalue weighted by Gasteiger charge is -2.26. The van der Waals surface area contributed by atoms with E-state index in [-0.39, 0.29) is 15.4 Å². The van der Waals surface area contributed by atoms with Gasteiger partial charge in [-0.3, -0.25) is 0 Å². The van der Waals surface area contributed by atoms with Crippen LogP contribution in [0.3, 0.4) is 0 Å². The van der Waals surface area contributed by atoms with E-state index in [0.717, 1.165) is 17.8 Å². The lowest BCUT2D eigenvalue weighted by molar-refractivity contribution is -0.184. The maximum Gasteiger partial charge on any atom is 0.341 e. The number of carbonyl (C=O) groups is 1. The first-order valence-corrected chi connectivity index (χ1v) is 8.50. The number of hydrogen-bond acceptors (Lipinski definition) is 7. The summed E-state index contributed by atoms with van der Waals surface area (Å²) in [6.45, 7) is 0.489. The van der Waals surface area contributed by atoms with Crippen LogP contribution < -0.4 is 0 Å². The number of esters is 1. The van der Waals surface area contributed by atoms with Gasteiger partial charge >= 0.3 is 5.97 Å². The molecular weight excluding hydrogens is 318 g/mol. The summed E-state index contributed by atoms with van der Waals surface area (Å²) in [6, 6.07) is 4.33. The number of carbonyl (C=O) groups excluding carboxylic acids is 2. The number of hydrogen-bond donors (Lipinski definition) is 0.